The van der Waals surface area contributed by atoms with Crippen LogP contribution in [0.5, 0.6) is 0 Å². The van der Waals surface area contributed by atoms with E-state index in [2.05, 4.69) is 6.58 Å². The molecule has 0 radical (unpaired) electrons. The average Bonchev–Trinajstić information content (AvgIpc) is 2.91. The first-order chi connectivity index (χ1) is 7.27. The van der Waals surface area contributed by atoms with Gasteiger partial charge in [-0.05, 0) is 12.8 Å². The maximum Gasteiger partial charge on any atom is 0.330 e. The molecule has 2 unspecified atom stereocenters. The van der Waals surface area contributed by atoms with Crippen molar-refractivity contribution in [1.29, 1.82) is 0 Å². The highest BCUT2D eigenvalue weighted by molar-refractivity contribution is 5.81. The Morgan fingerprint density at radius 3 is 3.20 bits per heavy atom. The van der Waals surface area contributed by atoms with Gasteiger partial charge >= 0.3 is 5.97 Å². The fourth-order valence-electron chi connectivity index (χ4n) is 2.45. The number of hydrogen-bond donors (Lipinski definition) is 0. The molecule has 1 saturated carbocycles. The van der Waals surface area contributed by atoms with Gasteiger partial charge in [0.2, 0.25) is 0 Å². The molecule has 1 aliphatic carbocycles. The minimum Gasteiger partial charge on any atom is -0.462 e. The van der Waals surface area contributed by atoms with Gasteiger partial charge in [0.1, 0.15) is 0 Å². The first-order valence-corrected chi connectivity index (χ1v) is 5.74. The third kappa shape index (κ3) is 2.40. The van der Waals surface area contributed by atoms with Crippen molar-refractivity contribution in [3.63, 3.8) is 0 Å². The molecule has 0 aromatic carbocycles. The van der Waals surface area contributed by atoms with Crippen LogP contribution in [-0.4, -0.2) is 24.3 Å². The van der Waals surface area contributed by atoms with E-state index in [4.69, 9.17) is 9.47 Å². The zero-order valence-electron chi connectivity index (χ0n) is 9.04. The Morgan fingerprint density at radius 1 is 1.53 bits per heavy atom. The SMILES string of the molecule is C=CC(=O)OCCC12CCCCCC1O2. The lowest BCUT2D eigenvalue weighted by Gasteiger charge is -2.10. The third-order valence-corrected chi connectivity index (χ3v) is 3.41. The van der Waals surface area contributed by atoms with Gasteiger partial charge in [0, 0.05) is 12.5 Å². The van der Waals surface area contributed by atoms with E-state index in [0.29, 0.717) is 12.7 Å². The third-order valence-electron chi connectivity index (χ3n) is 3.41. The van der Waals surface area contributed by atoms with Crippen LogP contribution in [0.25, 0.3) is 0 Å². The van der Waals surface area contributed by atoms with Gasteiger partial charge < -0.3 is 9.47 Å². The highest BCUT2D eigenvalue weighted by Crippen LogP contribution is 2.48. The van der Waals surface area contributed by atoms with Crippen molar-refractivity contribution in [1.82, 2.24) is 0 Å². The molecule has 0 aromatic heterocycles. The molecule has 0 N–H and O–H groups in total. The lowest BCUT2D eigenvalue weighted by molar-refractivity contribution is -0.138. The van der Waals surface area contributed by atoms with Crippen LogP contribution in [0.4, 0.5) is 0 Å². The Labute approximate surface area is 90.4 Å². The molecule has 0 spiro atoms. The van der Waals surface area contributed by atoms with Crippen molar-refractivity contribution < 1.29 is 14.3 Å². The van der Waals surface area contributed by atoms with Gasteiger partial charge in [-0.1, -0.05) is 25.8 Å². The summed E-state index contributed by atoms with van der Waals surface area (Å²) < 4.78 is 10.7. The van der Waals surface area contributed by atoms with Crippen molar-refractivity contribution in [2.75, 3.05) is 6.61 Å². The monoisotopic (exact) mass is 210 g/mol. The van der Waals surface area contributed by atoms with Crippen LogP contribution in [0, 0.1) is 0 Å². The molecule has 1 heterocycles. The molecular formula is C12H18O3. The zero-order valence-corrected chi connectivity index (χ0v) is 9.04. The smallest absolute Gasteiger partial charge is 0.330 e. The molecule has 0 amide bonds. The van der Waals surface area contributed by atoms with E-state index in [9.17, 15) is 4.79 Å². The first-order valence-electron chi connectivity index (χ1n) is 5.74. The number of ether oxygens (including phenoxy) is 2. The van der Waals surface area contributed by atoms with Gasteiger partial charge in [-0.2, -0.15) is 0 Å². The van der Waals surface area contributed by atoms with Gasteiger partial charge in [0.15, 0.2) is 0 Å². The topological polar surface area (TPSA) is 38.8 Å². The second-order valence-electron chi connectivity index (χ2n) is 4.39. The van der Waals surface area contributed by atoms with E-state index in [-0.39, 0.29) is 11.6 Å². The van der Waals surface area contributed by atoms with Crippen molar-refractivity contribution in [2.45, 2.75) is 50.2 Å². The van der Waals surface area contributed by atoms with E-state index >= 15 is 0 Å². The summed E-state index contributed by atoms with van der Waals surface area (Å²) in [5, 5.41) is 0. The van der Waals surface area contributed by atoms with Crippen LogP contribution in [0.3, 0.4) is 0 Å². The Bertz CT molecular complexity index is 262. The summed E-state index contributed by atoms with van der Waals surface area (Å²) in [5.74, 6) is -0.336. The summed E-state index contributed by atoms with van der Waals surface area (Å²) in [7, 11) is 0. The van der Waals surface area contributed by atoms with Crippen molar-refractivity contribution in [2.24, 2.45) is 0 Å². The van der Waals surface area contributed by atoms with Crippen molar-refractivity contribution in [3.05, 3.63) is 12.7 Å². The summed E-state index contributed by atoms with van der Waals surface area (Å²) in [6.45, 7) is 3.82. The Kier molecular flexibility index (Phi) is 3.10. The van der Waals surface area contributed by atoms with Gasteiger partial charge in [0.25, 0.3) is 0 Å². The van der Waals surface area contributed by atoms with Gasteiger partial charge in [-0.3, -0.25) is 0 Å². The predicted octanol–water partition coefficient (Wildman–Crippen LogP) is 2.21. The van der Waals surface area contributed by atoms with Crippen molar-refractivity contribution in [3.8, 4) is 0 Å². The number of carbonyl (C=O) groups is 1. The summed E-state index contributed by atoms with van der Waals surface area (Å²) in [6, 6.07) is 0. The molecule has 2 aliphatic rings. The van der Waals surface area contributed by atoms with Crippen LogP contribution >= 0.6 is 0 Å². The lowest BCUT2D eigenvalue weighted by atomic mass is 9.97. The van der Waals surface area contributed by atoms with E-state index < -0.39 is 0 Å². The van der Waals surface area contributed by atoms with E-state index in [1.807, 2.05) is 0 Å². The number of rotatable bonds is 4. The standard InChI is InChI=1S/C12H18O3/c1-2-11(13)14-9-8-12-7-5-3-4-6-10(12)15-12/h2,10H,1,3-9H2. The van der Waals surface area contributed by atoms with Crippen LogP contribution in [0.1, 0.15) is 38.5 Å². The lowest BCUT2D eigenvalue weighted by Crippen LogP contribution is -2.18. The molecule has 2 rings (SSSR count). The maximum atomic E-state index is 10.9. The summed E-state index contributed by atoms with van der Waals surface area (Å²) in [5.41, 5.74) is 0.0535. The summed E-state index contributed by atoms with van der Waals surface area (Å²) >= 11 is 0. The maximum absolute atomic E-state index is 10.9. The molecule has 0 bridgehead atoms. The molecule has 1 saturated heterocycles. The molecule has 15 heavy (non-hydrogen) atoms. The van der Waals surface area contributed by atoms with Gasteiger partial charge in [-0.15, -0.1) is 0 Å². The van der Waals surface area contributed by atoms with Crippen LogP contribution in [0.15, 0.2) is 12.7 Å². The van der Waals surface area contributed by atoms with Gasteiger partial charge in [-0.25, -0.2) is 4.79 Å². The van der Waals surface area contributed by atoms with Crippen molar-refractivity contribution >= 4 is 5.97 Å². The molecular weight excluding hydrogens is 192 g/mol. The van der Waals surface area contributed by atoms with E-state index in [0.717, 1.165) is 12.8 Å². The van der Waals surface area contributed by atoms with Gasteiger partial charge in [0.05, 0.1) is 18.3 Å². The van der Waals surface area contributed by atoms with Crippen LogP contribution in [0.2, 0.25) is 0 Å². The molecule has 2 atom stereocenters. The largest absolute Gasteiger partial charge is 0.462 e. The molecule has 0 aromatic rings. The Balaban J connectivity index is 1.74. The second-order valence-corrected chi connectivity index (χ2v) is 4.39. The molecule has 1 aliphatic heterocycles. The Morgan fingerprint density at radius 2 is 2.40 bits per heavy atom. The highest BCUT2D eigenvalue weighted by Gasteiger charge is 2.55. The molecule has 3 heteroatoms. The highest BCUT2D eigenvalue weighted by atomic mass is 16.6. The van der Waals surface area contributed by atoms with Crippen LogP contribution < -0.4 is 0 Å². The zero-order chi connectivity index (χ0) is 10.7. The molecule has 84 valence electrons. The quantitative estimate of drug-likeness (QED) is 0.405. The van der Waals surface area contributed by atoms with E-state index in [1.165, 1.54) is 31.8 Å². The fraction of sp³-hybridized carbons (Fsp3) is 0.750. The number of esters is 1. The summed E-state index contributed by atoms with van der Waals surface area (Å²) in [4.78, 5) is 10.9. The van der Waals surface area contributed by atoms with E-state index in [1.54, 1.807) is 0 Å². The minimum absolute atomic E-state index is 0.0535. The average molecular weight is 210 g/mol. The first kappa shape index (κ1) is 10.7. The number of carbonyl (C=O) groups excluding carboxylic acids is 1. The predicted molar refractivity (Wildman–Crippen MR) is 56.5 cm³/mol. The fourth-order valence-corrected chi connectivity index (χ4v) is 2.45. The number of hydrogen-bond acceptors (Lipinski definition) is 3. The normalized spacial score (nSPS) is 33.7. The summed E-state index contributed by atoms with van der Waals surface area (Å²) in [6.07, 6.45) is 8.62. The molecule has 2 fully saturated rings. The minimum atomic E-state index is -0.336. The Hall–Kier alpha value is -0.830. The number of fused-ring (bicyclic) bond motifs is 1. The number of epoxide rings is 1. The molecule has 3 nitrogen and oxygen atoms in total. The van der Waals surface area contributed by atoms with Crippen LogP contribution in [-0.2, 0) is 14.3 Å². The second kappa shape index (κ2) is 4.35.